The first-order valence-corrected chi connectivity index (χ1v) is 12.4. The van der Waals surface area contributed by atoms with E-state index < -0.39 is 6.04 Å². The molecule has 0 heterocycles. The first-order valence-electron chi connectivity index (χ1n) is 12.4. The molecule has 6 heteroatoms. The molecule has 6 nitrogen and oxygen atoms in total. The third kappa shape index (κ3) is 8.15. The maximum Gasteiger partial charge on any atom is 0.243 e. The molecular weight excluding hydrogens is 452 g/mol. The van der Waals surface area contributed by atoms with Crippen LogP contribution in [-0.4, -0.2) is 43.0 Å². The summed E-state index contributed by atoms with van der Waals surface area (Å²) in [5, 5.41) is 2.92. The number of hydrogen-bond donors (Lipinski definition) is 1. The SMILES string of the molecule is CCNC(=O)C(Cc1ccccc1)N(Cc1cccc(OC)c1)C(=O)CCCOc1ccc(C)cc1. The number of methoxy groups -OCH3 is 1. The Hall–Kier alpha value is -3.80. The lowest BCUT2D eigenvalue weighted by Gasteiger charge is -2.31. The van der Waals surface area contributed by atoms with Crippen molar-refractivity contribution in [1.82, 2.24) is 10.2 Å². The molecule has 0 saturated carbocycles. The average Bonchev–Trinajstić information content (AvgIpc) is 2.90. The first-order chi connectivity index (χ1) is 17.5. The third-order valence-corrected chi connectivity index (χ3v) is 5.93. The molecule has 0 aliphatic carbocycles. The minimum Gasteiger partial charge on any atom is -0.497 e. The fraction of sp³-hybridized carbons (Fsp3) is 0.333. The number of rotatable bonds is 13. The van der Waals surface area contributed by atoms with Crippen LogP contribution >= 0.6 is 0 Å². The highest BCUT2D eigenvalue weighted by molar-refractivity contribution is 5.88. The van der Waals surface area contributed by atoms with Crippen LogP contribution in [0.25, 0.3) is 0 Å². The molecule has 36 heavy (non-hydrogen) atoms. The standard InChI is InChI=1S/C30H36N2O4/c1-4-31-30(34)28(21-24-10-6-5-7-11-24)32(22-25-12-8-13-27(20-25)35-3)29(33)14-9-19-36-26-17-15-23(2)16-18-26/h5-8,10-13,15-18,20,28H,4,9,14,19,21-22H2,1-3H3,(H,31,34). The van der Waals surface area contributed by atoms with Gasteiger partial charge < -0.3 is 19.7 Å². The molecule has 1 atom stereocenters. The lowest BCUT2D eigenvalue weighted by Crippen LogP contribution is -2.50. The molecule has 2 amide bonds. The molecule has 0 saturated heterocycles. The number of hydrogen-bond acceptors (Lipinski definition) is 4. The normalized spacial score (nSPS) is 11.4. The predicted molar refractivity (Wildman–Crippen MR) is 142 cm³/mol. The van der Waals surface area contributed by atoms with E-state index in [1.165, 1.54) is 5.56 Å². The van der Waals surface area contributed by atoms with Crippen molar-refractivity contribution in [2.24, 2.45) is 0 Å². The van der Waals surface area contributed by atoms with Crippen molar-refractivity contribution in [2.75, 3.05) is 20.3 Å². The second kappa shape index (κ2) is 13.9. The highest BCUT2D eigenvalue weighted by Crippen LogP contribution is 2.20. The van der Waals surface area contributed by atoms with Gasteiger partial charge in [0.15, 0.2) is 0 Å². The summed E-state index contributed by atoms with van der Waals surface area (Å²) in [7, 11) is 1.61. The summed E-state index contributed by atoms with van der Waals surface area (Å²) in [6, 6.07) is 24.6. The Morgan fingerprint density at radius 1 is 0.917 bits per heavy atom. The first kappa shape index (κ1) is 26.8. The van der Waals surface area contributed by atoms with E-state index in [2.05, 4.69) is 5.32 Å². The quantitative estimate of drug-likeness (QED) is 0.346. The van der Waals surface area contributed by atoms with Gasteiger partial charge in [0, 0.05) is 25.9 Å². The highest BCUT2D eigenvalue weighted by atomic mass is 16.5. The summed E-state index contributed by atoms with van der Waals surface area (Å²) >= 11 is 0. The van der Waals surface area contributed by atoms with E-state index >= 15 is 0 Å². The van der Waals surface area contributed by atoms with Crippen LogP contribution in [0.2, 0.25) is 0 Å². The largest absolute Gasteiger partial charge is 0.497 e. The number of carbonyl (C=O) groups excluding carboxylic acids is 2. The van der Waals surface area contributed by atoms with Gasteiger partial charge >= 0.3 is 0 Å². The summed E-state index contributed by atoms with van der Waals surface area (Å²) in [6.45, 7) is 5.14. The van der Waals surface area contributed by atoms with Gasteiger partial charge in [-0.15, -0.1) is 0 Å². The smallest absolute Gasteiger partial charge is 0.243 e. The Morgan fingerprint density at radius 2 is 1.64 bits per heavy atom. The molecule has 0 fully saturated rings. The van der Waals surface area contributed by atoms with Crippen LogP contribution in [0.15, 0.2) is 78.9 Å². The maximum atomic E-state index is 13.6. The van der Waals surface area contributed by atoms with E-state index in [9.17, 15) is 9.59 Å². The molecule has 0 radical (unpaired) electrons. The predicted octanol–water partition coefficient (Wildman–Crippen LogP) is 4.94. The summed E-state index contributed by atoms with van der Waals surface area (Å²) < 4.78 is 11.2. The Labute approximate surface area is 214 Å². The van der Waals surface area contributed by atoms with Gasteiger partial charge in [-0.25, -0.2) is 0 Å². The number of benzene rings is 3. The van der Waals surface area contributed by atoms with E-state index in [1.54, 1.807) is 12.0 Å². The number of amides is 2. The topological polar surface area (TPSA) is 67.9 Å². The van der Waals surface area contributed by atoms with E-state index in [1.807, 2.05) is 92.7 Å². The summed E-state index contributed by atoms with van der Waals surface area (Å²) in [5.74, 6) is 1.25. The molecule has 190 valence electrons. The van der Waals surface area contributed by atoms with E-state index in [0.717, 1.165) is 16.9 Å². The average molecular weight is 489 g/mol. The second-order valence-electron chi connectivity index (χ2n) is 8.74. The number of carbonyl (C=O) groups is 2. The molecule has 0 aliphatic heterocycles. The molecular formula is C30H36N2O4. The maximum absolute atomic E-state index is 13.6. The summed E-state index contributed by atoms with van der Waals surface area (Å²) in [5.41, 5.74) is 3.07. The van der Waals surface area contributed by atoms with Crippen LogP contribution in [0.4, 0.5) is 0 Å². The lowest BCUT2D eigenvalue weighted by molar-refractivity contribution is -0.141. The molecule has 0 bridgehead atoms. The zero-order valence-electron chi connectivity index (χ0n) is 21.4. The minimum atomic E-state index is -0.635. The summed E-state index contributed by atoms with van der Waals surface area (Å²) in [4.78, 5) is 28.4. The van der Waals surface area contributed by atoms with E-state index in [4.69, 9.17) is 9.47 Å². The van der Waals surface area contributed by atoms with Crippen LogP contribution < -0.4 is 14.8 Å². The van der Waals surface area contributed by atoms with Gasteiger partial charge in [0.25, 0.3) is 0 Å². The van der Waals surface area contributed by atoms with Crippen molar-refractivity contribution < 1.29 is 19.1 Å². The molecule has 0 spiro atoms. The van der Waals surface area contributed by atoms with Crippen molar-refractivity contribution >= 4 is 11.8 Å². The molecule has 3 rings (SSSR count). The van der Waals surface area contributed by atoms with Gasteiger partial charge in [-0.3, -0.25) is 9.59 Å². The molecule has 1 N–H and O–H groups in total. The van der Waals surface area contributed by atoms with Gasteiger partial charge in [0.2, 0.25) is 11.8 Å². The Morgan fingerprint density at radius 3 is 2.33 bits per heavy atom. The molecule has 0 aromatic heterocycles. The number of ether oxygens (including phenoxy) is 2. The highest BCUT2D eigenvalue weighted by Gasteiger charge is 2.30. The van der Waals surface area contributed by atoms with Gasteiger partial charge in [-0.2, -0.15) is 0 Å². The van der Waals surface area contributed by atoms with E-state index in [0.29, 0.717) is 38.3 Å². The molecule has 1 unspecified atom stereocenters. The second-order valence-corrected chi connectivity index (χ2v) is 8.74. The van der Waals surface area contributed by atoms with Crippen molar-refractivity contribution in [3.63, 3.8) is 0 Å². The van der Waals surface area contributed by atoms with Gasteiger partial charge in [0.05, 0.1) is 13.7 Å². The lowest BCUT2D eigenvalue weighted by atomic mass is 10.0. The summed E-state index contributed by atoms with van der Waals surface area (Å²) in [6.07, 6.45) is 1.26. The fourth-order valence-corrected chi connectivity index (χ4v) is 4.01. The van der Waals surface area contributed by atoms with Crippen LogP contribution in [-0.2, 0) is 22.6 Å². The molecule has 0 aliphatic rings. The van der Waals surface area contributed by atoms with Crippen molar-refractivity contribution in [3.05, 3.63) is 95.6 Å². The van der Waals surface area contributed by atoms with Crippen molar-refractivity contribution in [2.45, 2.75) is 45.7 Å². The number of nitrogens with zero attached hydrogens (tertiary/aromatic N) is 1. The van der Waals surface area contributed by atoms with Crippen LogP contribution in [0.3, 0.4) is 0 Å². The monoisotopic (exact) mass is 488 g/mol. The molecule has 3 aromatic rings. The van der Waals surface area contributed by atoms with Gasteiger partial charge in [-0.1, -0.05) is 60.2 Å². The molecule has 3 aromatic carbocycles. The van der Waals surface area contributed by atoms with Crippen LogP contribution in [0, 0.1) is 6.92 Å². The number of likely N-dealkylation sites (N-methyl/N-ethyl adjacent to an activating group) is 1. The zero-order valence-corrected chi connectivity index (χ0v) is 21.4. The van der Waals surface area contributed by atoms with Crippen LogP contribution in [0.5, 0.6) is 11.5 Å². The third-order valence-electron chi connectivity index (χ3n) is 5.93. The van der Waals surface area contributed by atoms with E-state index in [-0.39, 0.29) is 18.2 Å². The Bertz CT molecular complexity index is 1100. The fourth-order valence-electron chi connectivity index (χ4n) is 4.01. The zero-order chi connectivity index (χ0) is 25.8. The van der Waals surface area contributed by atoms with Gasteiger partial charge in [-0.05, 0) is 55.7 Å². The van der Waals surface area contributed by atoms with Crippen molar-refractivity contribution in [3.8, 4) is 11.5 Å². The van der Waals surface area contributed by atoms with Crippen LogP contribution in [0.1, 0.15) is 36.5 Å². The Balaban J connectivity index is 1.77. The number of nitrogens with one attached hydrogen (secondary N) is 1. The Kier molecular flexibility index (Phi) is 10.4. The van der Waals surface area contributed by atoms with Crippen molar-refractivity contribution in [1.29, 1.82) is 0 Å². The van der Waals surface area contributed by atoms with Gasteiger partial charge in [0.1, 0.15) is 17.5 Å². The number of aryl methyl sites for hydroxylation is 1. The minimum absolute atomic E-state index is 0.0856.